The molecule has 0 aromatic heterocycles. The van der Waals surface area contributed by atoms with Gasteiger partial charge < -0.3 is 4.43 Å². The number of hydrogen-bond acceptors (Lipinski definition) is 1. The molecule has 0 aromatic carbocycles. The predicted octanol–water partition coefficient (Wildman–Crippen LogP) is 3.20. The van der Waals surface area contributed by atoms with Gasteiger partial charge in [0.15, 0.2) is 8.32 Å². The van der Waals surface area contributed by atoms with E-state index in [4.69, 9.17) is 4.43 Å². The van der Waals surface area contributed by atoms with Gasteiger partial charge in [0.2, 0.25) is 0 Å². The van der Waals surface area contributed by atoms with Crippen molar-refractivity contribution in [2.75, 3.05) is 6.61 Å². The fraction of sp³-hybridized carbons (Fsp3) is 0.636. The quantitative estimate of drug-likeness (QED) is 0.487. The maximum Gasteiger partial charge on any atom is 0.193 e. The van der Waals surface area contributed by atoms with Crippen LogP contribution in [0.25, 0.3) is 0 Å². The summed E-state index contributed by atoms with van der Waals surface area (Å²) < 4.78 is 5.81. The Hall–Kier alpha value is -0.523. The molecule has 2 heteroatoms. The Morgan fingerprint density at radius 2 is 1.92 bits per heavy atom. The van der Waals surface area contributed by atoms with E-state index < -0.39 is 8.32 Å². The summed E-state index contributed by atoms with van der Waals surface area (Å²) in [7, 11) is -1.59. The second-order valence-electron chi connectivity index (χ2n) is 4.57. The van der Waals surface area contributed by atoms with Crippen molar-refractivity contribution in [2.45, 2.75) is 38.9 Å². The predicted molar refractivity (Wildman–Crippen MR) is 61.1 cm³/mol. The molecule has 0 radical (unpaired) electrons. The van der Waals surface area contributed by atoms with Gasteiger partial charge in [0, 0.05) is 0 Å². The topological polar surface area (TPSA) is 9.23 Å². The first-order valence-corrected chi connectivity index (χ1v) is 7.45. The minimum Gasteiger partial charge on any atom is -0.406 e. The van der Waals surface area contributed by atoms with Crippen LogP contribution < -0.4 is 0 Å². The van der Waals surface area contributed by atoms with Gasteiger partial charge in [-0.25, -0.2) is 0 Å². The lowest BCUT2D eigenvalue weighted by atomic mass is 10.2. The fourth-order valence-corrected chi connectivity index (χ4v) is 1.41. The first-order valence-electron chi connectivity index (χ1n) is 4.54. The highest BCUT2D eigenvalue weighted by molar-refractivity contribution is 6.74. The molecular weight excluding hydrogens is 176 g/mol. The summed E-state index contributed by atoms with van der Waals surface area (Å²) in [5.41, 5.74) is 0. The first kappa shape index (κ1) is 12.5. The molecule has 1 nitrogen and oxygen atoms in total. The molecule has 0 atom stereocenters. The summed E-state index contributed by atoms with van der Waals surface area (Å²) in [5.74, 6) is 5.69. The van der Waals surface area contributed by atoms with Gasteiger partial charge in [0.05, 0.1) is 6.61 Å². The second-order valence-corrected chi connectivity index (χ2v) is 9.38. The molecule has 0 aliphatic heterocycles. The highest BCUT2D eigenvalue weighted by Crippen LogP contribution is 2.36. The Balaban J connectivity index is 4.11. The molecule has 0 fully saturated rings. The van der Waals surface area contributed by atoms with Crippen LogP contribution in [0.1, 0.15) is 20.8 Å². The number of allylic oxidation sites excluding steroid dienone is 1. The second kappa shape index (κ2) is 4.64. The summed E-state index contributed by atoms with van der Waals surface area (Å²) in [5, 5.41) is 0.267. The van der Waals surface area contributed by atoms with Crippen molar-refractivity contribution in [1.82, 2.24) is 0 Å². The summed E-state index contributed by atoms with van der Waals surface area (Å²) in [6, 6.07) is 0. The van der Waals surface area contributed by atoms with Gasteiger partial charge in [-0.3, -0.25) is 0 Å². The molecule has 0 amide bonds. The standard InChI is InChI=1S/C11H20OSi/c1-7-8-9-10-12-13(5,6)11(2,3)4/h7H,1,10H2,2-6H3. The molecule has 0 rings (SSSR count). The van der Waals surface area contributed by atoms with Crippen LogP contribution in [0.3, 0.4) is 0 Å². The van der Waals surface area contributed by atoms with E-state index in [0.29, 0.717) is 6.61 Å². The van der Waals surface area contributed by atoms with E-state index in [0.717, 1.165) is 0 Å². The molecule has 0 spiro atoms. The van der Waals surface area contributed by atoms with E-state index in [2.05, 4.69) is 52.3 Å². The smallest absolute Gasteiger partial charge is 0.193 e. The molecule has 0 aliphatic rings. The van der Waals surface area contributed by atoms with Crippen LogP contribution >= 0.6 is 0 Å². The molecule has 0 unspecified atom stereocenters. The Morgan fingerprint density at radius 3 is 2.31 bits per heavy atom. The molecule has 0 saturated heterocycles. The zero-order chi connectivity index (χ0) is 10.5. The van der Waals surface area contributed by atoms with E-state index in [9.17, 15) is 0 Å². The van der Waals surface area contributed by atoms with Crippen LogP contribution in [-0.4, -0.2) is 14.9 Å². The molecule has 0 bridgehead atoms. The van der Waals surface area contributed by atoms with Crippen molar-refractivity contribution in [2.24, 2.45) is 0 Å². The number of hydrogen-bond donors (Lipinski definition) is 0. The molecule has 0 heterocycles. The third kappa shape index (κ3) is 4.30. The average Bonchev–Trinajstić information content (AvgIpc) is 1.96. The monoisotopic (exact) mass is 196 g/mol. The van der Waals surface area contributed by atoms with E-state index in [1.807, 2.05) is 0 Å². The van der Waals surface area contributed by atoms with Gasteiger partial charge in [0.25, 0.3) is 0 Å². The van der Waals surface area contributed by atoms with Crippen molar-refractivity contribution >= 4 is 8.32 Å². The molecular formula is C11H20OSi. The summed E-state index contributed by atoms with van der Waals surface area (Å²) >= 11 is 0. The molecule has 0 aromatic rings. The number of rotatable bonds is 2. The fourth-order valence-electron chi connectivity index (χ4n) is 0.547. The highest BCUT2D eigenvalue weighted by Gasteiger charge is 2.36. The Labute approximate surface area is 83.3 Å². The summed E-state index contributed by atoms with van der Waals surface area (Å²) in [6.45, 7) is 15.2. The van der Waals surface area contributed by atoms with Gasteiger partial charge in [-0.2, -0.15) is 0 Å². The van der Waals surface area contributed by atoms with Gasteiger partial charge in [0.1, 0.15) is 0 Å². The van der Waals surface area contributed by atoms with Gasteiger partial charge in [-0.15, -0.1) is 0 Å². The van der Waals surface area contributed by atoms with E-state index in [1.165, 1.54) is 0 Å². The maximum absolute atomic E-state index is 5.81. The summed E-state index contributed by atoms with van der Waals surface area (Å²) in [4.78, 5) is 0. The highest BCUT2D eigenvalue weighted by atomic mass is 28.4. The zero-order valence-corrected chi connectivity index (χ0v) is 10.4. The normalized spacial score (nSPS) is 11.8. The Kier molecular flexibility index (Phi) is 4.45. The van der Waals surface area contributed by atoms with Crippen LogP contribution in [0.2, 0.25) is 18.1 Å². The van der Waals surface area contributed by atoms with Crippen LogP contribution in [0, 0.1) is 11.8 Å². The first-order chi connectivity index (χ1) is 5.81. The van der Waals surface area contributed by atoms with Gasteiger partial charge in [-0.1, -0.05) is 39.2 Å². The minimum atomic E-state index is -1.59. The van der Waals surface area contributed by atoms with Crippen LogP contribution in [-0.2, 0) is 4.43 Å². The Morgan fingerprint density at radius 1 is 1.38 bits per heavy atom. The SMILES string of the molecule is C=CC#CCO[Si](C)(C)C(C)(C)C. The van der Waals surface area contributed by atoms with E-state index >= 15 is 0 Å². The third-order valence-corrected chi connectivity index (χ3v) is 6.99. The summed E-state index contributed by atoms with van der Waals surface area (Å²) in [6.07, 6.45) is 1.59. The lowest BCUT2D eigenvalue weighted by Crippen LogP contribution is -2.40. The van der Waals surface area contributed by atoms with Crippen molar-refractivity contribution < 1.29 is 4.43 Å². The van der Waals surface area contributed by atoms with Crippen molar-refractivity contribution in [1.29, 1.82) is 0 Å². The molecule has 0 aliphatic carbocycles. The molecule has 0 N–H and O–H groups in total. The lowest BCUT2D eigenvalue weighted by molar-refractivity contribution is 0.334. The van der Waals surface area contributed by atoms with E-state index in [-0.39, 0.29) is 5.04 Å². The third-order valence-electron chi connectivity index (χ3n) is 2.52. The van der Waals surface area contributed by atoms with Crippen LogP contribution in [0.15, 0.2) is 12.7 Å². The van der Waals surface area contributed by atoms with Crippen LogP contribution in [0.5, 0.6) is 0 Å². The zero-order valence-electron chi connectivity index (χ0n) is 9.40. The van der Waals surface area contributed by atoms with Crippen molar-refractivity contribution in [3.8, 4) is 11.8 Å². The van der Waals surface area contributed by atoms with Gasteiger partial charge >= 0.3 is 0 Å². The van der Waals surface area contributed by atoms with E-state index in [1.54, 1.807) is 6.08 Å². The lowest BCUT2D eigenvalue weighted by Gasteiger charge is -2.35. The Bertz CT molecular complexity index is 225. The maximum atomic E-state index is 5.81. The van der Waals surface area contributed by atoms with Crippen molar-refractivity contribution in [3.05, 3.63) is 12.7 Å². The average molecular weight is 196 g/mol. The van der Waals surface area contributed by atoms with Crippen LogP contribution in [0.4, 0.5) is 0 Å². The van der Waals surface area contributed by atoms with Crippen molar-refractivity contribution in [3.63, 3.8) is 0 Å². The molecule has 13 heavy (non-hydrogen) atoms. The molecule has 0 saturated carbocycles. The molecule has 74 valence electrons. The minimum absolute atomic E-state index is 0.267. The largest absolute Gasteiger partial charge is 0.406 e. The van der Waals surface area contributed by atoms with Gasteiger partial charge in [-0.05, 0) is 24.2 Å².